The predicted octanol–water partition coefficient (Wildman–Crippen LogP) is 2.26. The number of aliphatic hydroxyl groups is 1. The van der Waals surface area contributed by atoms with Gasteiger partial charge in [0, 0.05) is 44.7 Å². The van der Waals surface area contributed by atoms with Gasteiger partial charge < -0.3 is 10.0 Å². The lowest BCUT2D eigenvalue weighted by Crippen LogP contribution is -2.56. The zero-order valence-electron chi connectivity index (χ0n) is 13.9. The quantitative estimate of drug-likeness (QED) is 0.792. The van der Waals surface area contributed by atoms with Gasteiger partial charge in [0.1, 0.15) is 0 Å². The highest BCUT2D eigenvalue weighted by atomic mass is 16.3. The second-order valence-corrected chi connectivity index (χ2v) is 7.58. The number of amides is 1. The van der Waals surface area contributed by atoms with Gasteiger partial charge in [0.25, 0.3) is 0 Å². The molecule has 22 heavy (non-hydrogen) atoms. The van der Waals surface area contributed by atoms with Gasteiger partial charge in [-0.25, -0.2) is 0 Å². The molecule has 1 aliphatic heterocycles. The molecule has 1 atom stereocenters. The number of piperazine rings is 1. The lowest BCUT2D eigenvalue weighted by atomic mass is 9.97. The van der Waals surface area contributed by atoms with Crippen LogP contribution in [0.25, 0.3) is 0 Å². The molecule has 4 heteroatoms. The smallest absolute Gasteiger partial charge is 0.225 e. The molecule has 4 nitrogen and oxygen atoms in total. The molecule has 1 heterocycles. The summed E-state index contributed by atoms with van der Waals surface area (Å²) in [6.07, 6.45) is 10.8. The minimum Gasteiger partial charge on any atom is -0.396 e. The van der Waals surface area contributed by atoms with Gasteiger partial charge in [-0.1, -0.05) is 25.7 Å². The van der Waals surface area contributed by atoms with Crippen molar-refractivity contribution < 1.29 is 9.90 Å². The molecule has 1 saturated heterocycles. The minimum atomic E-state index is 0.233. The standard InChI is InChI=1S/C18H32N2O2/c21-12-9-17-14-20(11-10-19(17)13-15-7-8-15)18(22)16-5-3-1-2-4-6-16/h15-17,21H,1-14H2/t17-/m0/s1. The van der Waals surface area contributed by atoms with Crippen molar-refractivity contribution in [2.45, 2.75) is 63.8 Å². The summed E-state index contributed by atoms with van der Waals surface area (Å²) < 4.78 is 0. The average molecular weight is 308 g/mol. The molecule has 0 spiro atoms. The van der Waals surface area contributed by atoms with Crippen molar-refractivity contribution in [2.24, 2.45) is 11.8 Å². The molecule has 126 valence electrons. The Bertz CT molecular complexity index is 362. The van der Waals surface area contributed by atoms with E-state index in [4.69, 9.17) is 0 Å². The molecule has 0 unspecified atom stereocenters. The molecule has 3 aliphatic rings. The molecule has 3 rings (SSSR count). The number of carbonyl (C=O) groups is 1. The summed E-state index contributed by atoms with van der Waals surface area (Å²) >= 11 is 0. The van der Waals surface area contributed by atoms with Crippen LogP contribution in [-0.4, -0.2) is 59.6 Å². The lowest BCUT2D eigenvalue weighted by molar-refractivity contribution is -0.139. The maximum absolute atomic E-state index is 12.8. The summed E-state index contributed by atoms with van der Waals surface area (Å²) in [6, 6.07) is 0.370. The maximum atomic E-state index is 12.8. The van der Waals surface area contributed by atoms with Crippen molar-refractivity contribution in [1.82, 2.24) is 9.80 Å². The first-order valence-electron chi connectivity index (χ1n) is 9.41. The minimum absolute atomic E-state index is 0.233. The van der Waals surface area contributed by atoms with Crippen molar-refractivity contribution in [1.29, 1.82) is 0 Å². The van der Waals surface area contributed by atoms with Crippen LogP contribution in [0.5, 0.6) is 0 Å². The Morgan fingerprint density at radius 2 is 1.73 bits per heavy atom. The molecule has 0 aromatic carbocycles. The first kappa shape index (κ1) is 16.3. The Labute approximate surface area is 134 Å². The summed E-state index contributed by atoms with van der Waals surface area (Å²) in [6.45, 7) is 4.14. The van der Waals surface area contributed by atoms with Crippen LogP contribution in [0.1, 0.15) is 57.8 Å². The van der Waals surface area contributed by atoms with Gasteiger partial charge in [0.15, 0.2) is 0 Å². The van der Waals surface area contributed by atoms with Crippen LogP contribution in [0.3, 0.4) is 0 Å². The largest absolute Gasteiger partial charge is 0.396 e. The summed E-state index contributed by atoms with van der Waals surface area (Å²) in [5.74, 6) is 1.55. The van der Waals surface area contributed by atoms with E-state index in [2.05, 4.69) is 9.80 Å². The topological polar surface area (TPSA) is 43.8 Å². The fourth-order valence-corrected chi connectivity index (χ4v) is 4.17. The van der Waals surface area contributed by atoms with Gasteiger partial charge in [-0.15, -0.1) is 0 Å². The maximum Gasteiger partial charge on any atom is 0.225 e. The lowest BCUT2D eigenvalue weighted by Gasteiger charge is -2.42. The second kappa shape index (κ2) is 7.78. The molecule has 1 N–H and O–H groups in total. The summed E-state index contributed by atoms with van der Waals surface area (Å²) in [5, 5.41) is 9.37. The SMILES string of the molecule is O=C(C1CCCCCC1)N1CCN(CC2CC2)[C@@H](CCO)C1. The predicted molar refractivity (Wildman–Crippen MR) is 87.6 cm³/mol. The van der Waals surface area contributed by atoms with Crippen LogP contribution in [0.2, 0.25) is 0 Å². The average Bonchev–Trinajstić information content (AvgIpc) is 3.35. The van der Waals surface area contributed by atoms with E-state index in [0.29, 0.717) is 11.9 Å². The Morgan fingerprint density at radius 1 is 1.00 bits per heavy atom. The van der Waals surface area contributed by atoms with Gasteiger partial charge in [-0.05, 0) is 38.0 Å². The Hall–Kier alpha value is -0.610. The van der Waals surface area contributed by atoms with Crippen LogP contribution in [0.4, 0.5) is 0 Å². The molecular formula is C18H32N2O2. The third-order valence-corrected chi connectivity index (χ3v) is 5.77. The van der Waals surface area contributed by atoms with Crippen molar-refractivity contribution in [3.8, 4) is 0 Å². The summed E-state index contributed by atoms with van der Waals surface area (Å²) in [5.41, 5.74) is 0. The fourth-order valence-electron chi connectivity index (χ4n) is 4.17. The Morgan fingerprint density at radius 3 is 2.36 bits per heavy atom. The first-order valence-corrected chi connectivity index (χ1v) is 9.41. The van der Waals surface area contributed by atoms with E-state index in [1.54, 1.807) is 0 Å². The van der Waals surface area contributed by atoms with Crippen LogP contribution in [-0.2, 0) is 4.79 Å². The van der Waals surface area contributed by atoms with Crippen molar-refractivity contribution in [2.75, 3.05) is 32.8 Å². The number of nitrogens with zero attached hydrogens (tertiary/aromatic N) is 2. The fraction of sp³-hybridized carbons (Fsp3) is 0.944. The second-order valence-electron chi connectivity index (χ2n) is 7.58. The molecular weight excluding hydrogens is 276 g/mol. The highest BCUT2D eigenvalue weighted by molar-refractivity contribution is 5.79. The number of hydrogen-bond donors (Lipinski definition) is 1. The number of rotatable bonds is 5. The van der Waals surface area contributed by atoms with Gasteiger partial charge in [-0.3, -0.25) is 9.69 Å². The molecule has 0 radical (unpaired) electrons. The monoisotopic (exact) mass is 308 g/mol. The highest BCUT2D eigenvalue weighted by Crippen LogP contribution is 2.32. The van der Waals surface area contributed by atoms with Crippen LogP contribution < -0.4 is 0 Å². The molecule has 3 fully saturated rings. The Kier molecular flexibility index (Phi) is 5.75. The van der Waals surface area contributed by atoms with E-state index in [1.165, 1.54) is 45.1 Å². The Balaban J connectivity index is 1.56. The van der Waals surface area contributed by atoms with E-state index in [9.17, 15) is 9.90 Å². The van der Waals surface area contributed by atoms with Crippen molar-refractivity contribution >= 4 is 5.91 Å². The van der Waals surface area contributed by atoms with Crippen LogP contribution in [0.15, 0.2) is 0 Å². The summed E-state index contributed by atoms with van der Waals surface area (Å²) in [4.78, 5) is 17.5. The van der Waals surface area contributed by atoms with Crippen LogP contribution in [0, 0.1) is 11.8 Å². The van der Waals surface area contributed by atoms with Crippen molar-refractivity contribution in [3.63, 3.8) is 0 Å². The van der Waals surface area contributed by atoms with E-state index < -0.39 is 0 Å². The molecule has 0 bridgehead atoms. The molecule has 0 aromatic heterocycles. The van der Waals surface area contributed by atoms with E-state index in [-0.39, 0.29) is 12.5 Å². The van der Waals surface area contributed by atoms with E-state index in [1.807, 2.05) is 0 Å². The zero-order valence-corrected chi connectivity index (χ0v) is 13.9. The van der Waals surface area contributed by atoms with E-state index in [0.717, 1.165) is 44.8 Å². The number of aliphatic hydroxyl groups excluding tert-OH is 1. The van der Waals surface area contributed by atoms with Gasteiger partial charge in [0.05, 0.1) is 0 Å². The third-order valence-electron chi connectivity index (χ3n) is 5.77. The van der Waals surface area contributed by atoms with Gasteiger partial charge in [-0.2, -0.15) is 0 Å². The highest BCUT2D eigenvalue weighted by Gasteiger charge is 2.35. The molecule has 2 saturated carbocycles. The molecule has 2 aliphatic carbocycles. The molecule has 0 aromatic rings. The molecule has 1 amide bonds. The van der Waals surface area contributed by atoms with Gasteiger partial charge >= 0.3 is 0 Å². The van der Waals surface area contributed by atoms with Crippen LogP contribution >= 0.6 is 0 Å². The third kappa shape index (κ3) is 4.23. The normalized spacial score (nSPS) is 28.6. The zero-order chi connectivity index (χ0) is 15.4. The first-order chi connectivity index (χ1) is 10.8. The number of hydrogen-bond acceptors (Lipinski definition) is 3. The van der Waals surface area contributed by atoms with Crippen molar-refractivity contribution in [3.05, 3.63) is 0 Å². The van der Waals surface area contributed by atoms with Gasteiger partial charge in [0.2, 0.25) is 5.91 Å². The summed E-state index contributed by atoms with van der Waals surface area (Å²) in [7, 11) is 0. The van der Waals surface area contributed by atoms with E-state index >= 15 is 0 Å². The number of carbonyl (C=O) groups excluding carboxylic acids is 1.